The number of carbonyl (C=O) groups excluding carboxylic acids is 1. The van der Waals surface area contributed by atoms with Gasteiger partial charge in [-0.2, -0.15) is 13.2 Å². The molecule has 0 saturated carbocycles. The SMILES string of the molecule is CN(Cc1ccc(C(F)(F)F)c(F)c1)[C@H]1CN(C(=O)c2ccc(-c3cnco3)cc2)CC1c1ccc(Cl)c(Cl)c1. The molecular weight excluding hydrogens is 569 g/mol. The van der Waals surface area contributed by atoms with Gasteiger partial charge in [-0.05, 0) is 54.6 Å². The molecule has 5 nitrogen and oxygen atoms in total. The second kappa shape index (κ2) is 11.2. The van der Waals surface area contributed by atoms with Crippen molar-refractivity contribution in [1.29, 1.82) is 0 Å². The zero-order valence-electron chi connectivity index (χ0n) is 21.1. The maximum Gasteiger partial charge on any atom is 0.419 e. The smallest absolute Gasteiger partial charge is 0.419 e. The summed E-state index contributed by atoms with van der Waals surface area (Å²) in [6, 6.07) is 15.0. The average Bonchev–Trinajstić information content (AvgIpc) is 3.60. The van der Waals surface area contributed by atoms with Crippen LogP contribution in [0.3, 0.4) is 0 Å². The van der Waals surface area contributed by atoms with E-state index in [1.165, 1.54) is 12.5 Å². The summed E-state index contributed by atoms with van der Waals surface area (Å²) in [6.07, 6.45) is -1.85. The second-order valence-corrected chi connectivity index (χ2v) is 10.5. The number of benzene rings is 3. The molecule has 40 heavy (non-hydrogen) atoms. The third-order valence-corrected chi connectivity index (χ3v) is 7.87. The van der Waals surface area contributed by atoms with Crippen molar-refractivity contribution in [1.82, 2.24) is 14.8 Å². The Morgan fingerprint density at radius 1 is 1.05 bits per heavy atom. The lowest BCUT2D eigenvalue weighted by atomic mass is 9.93. The van der Waals surface area contributed by atoms with E-state index < -0.39 is 17.6 Å². The number of amides is 1. The van der Waals surface area contributed by atoms with E-state index >= 15 is 0 Å². The molecule has 1 fully saturated rings. The van der Waals surface area contributed by atoms with E-state index in [0.29, 0.717) is 40.0 Å². The first-order valence-corrected chi connectivity index (χ1v) is 13.1. The first-order chi connectivity index (χ1) is 19.0. The molecule has 1 amide bonds. The van der Waals surface area contributed by atoms with Gasteiger partial charge in [-0.15, -0.1) is 0 Å². The molecule has 0 radical (unpaired) electrons. The Kier molecular flexibility index (Phi) is 7.90. The minimum Gasteiger partial charge on any atom is -0.444 e. The van der Waals surface area contributed by atoms with Crippen LogP contribution in [-0.4, -0.2) is 46.9 Å². The van der Waals surface area contributed by atoms with Crippen molar-refractivity contribution < 1.29 is 26.8 Å². The van der Waals surface area contributed by atoms with E-state index in [9.17, 15) is 22.4 Å². The van der Waals surface area contributed by atoms with Crippen molar-refractivity contribution in [2.75, 3.05) is 20.1 Å². The quantitative estimate of drug-likeness (QED) is 0.217. The maximum atomic E-state index is 14.2. The van der Waals surface area contributed by atoms with Crippen molar-refractivity contribution in [3.8, 4) is 11.3 Å². The molecule has 1 unspecified atom stereocenters. The molecule has 0 spiro atoms. The molecule has 1 saturated heterocycles. The van der Waals surface area contributed by atoms with Crippen LogP contribution in [0.1, 0.15) is 33.0 Å². The molecule has 5 rings (SSSR count). The lowest BCUT2D eigenvalue weighted by molar-refractivity contribution is -0.140. The van der Waals surface area contributed by atoms with E-state index in [4.69, 9.17) is 27.6 Å². The summed E-state index contributed by atoms with van der Waals surface area (Å²) >= 11 is 12.4. The number of hydrogen-bond donors (Lipinski definition) is 0. The number of rotatable bonds is 6. The number of halogens is 6. The summed E-state index contributed by atoms with van der Waals surface area (Å²) in [5, 5.41) is 0.770. The van der Waals surface area contributed by atoms with E-state index in [1.807, 2.05) is 11.0 Å². The molecule has 1 aromatic heterocycles. The van der Waals surface area contributed by atoms with Gasteiger partial charge >= 0.3 is 6.18 Å². The molecule has 2 atom stereocenters. The summed E-state index contributed by atoms with van der Waals surface area (Å²) in [6.45, 7) is 0.885. The summed E-state index contributed by atoms with van der Waals surface area (Å²) < 4.78 is 58.6. The van der Waals surface area contributed by atoms with Crippen molar-refractivity contribution >= 4 is 29.1 Å². The topological polar surface area (TPSA) is 49.6 Å². The molecule has 3 aromatic carbocycles. The summed E-state index contributed by atoms with van der Waals surface area (Å²) in [7, 11) is 1.80. The summed E-state index contributed by atoms with van der Waals surface area (Å²) in [5.41, 5.74) is 1.21. The molecule has 1 aliphatic rings. The van der Waals surface area contributed by atoms with Crippen molar-refractivity contribution in [3.63, 3.8) is 0 Å². The number of likely N-dealkylation sites (N-methyl/N-ethyl adjacent to an activating group) is 1. The Morgan fingerprint density at radius 3 is 2.42 bits per heavy atom. The van der Waals surface area contributed by atoms with Crippen molar-refractivity contribution in [2.24, 2.45) is 0 Å². The number of likely N-dealkylation sites (tertiary alicyclic amines) is 1. The molecule has 0 N–H and O–H groups in total. The Morgan fingerprint density at radius 2 is 1.80 bits per heavy atom. The normalized spacial score (nSPS) is 17.6. The Hall–Kier alpha value is -3.40. The Balaban J connectivity index is 1.39. The zero-order chi connectivity index (χ0) is 28.6. The number of alkyl halides is 3. The largest absolute Gasteiger partial charge is 0.444 e. The van der Waals surface area contributed by atoms with Crippen LogP contribution in [0, 0.1) is 5.82 Å². The highest BCUT2D eigenvalue weighted by Crippen LogP contribution is 2.36. The van der Waals surface area contributed by atoms with Gasteiger partial charge in [0.1, 0.15) is 5.82 Å². The summed E-state index contributed by atoms with van der Waals surface area (Å²) in [5.74, 6) is -1.10. The molecular formula is C29H23Cl2F4N3O2. The molecule has 2 heterocycles. The first-order valence-electron chi connectivity index (χ1n) is 12.3. The fourth-order valence-corrected chi connectivity index (χ4v) is 5.39. The van der Waals surface area contributed by atoms with Gasteiger partial charge < -0.3 is 9.32 Å². The van der Waals surface area contributed by atoms with Crippen LogP contribution >= 0.6 is 23.2 Å². The van der Waals surface area contributed by atoms with E-state index in [2.05, 4.69) is 4.98 Å². The minimum absolute atomic E-state index is 0.172. The third kappa shape index (κ3) is 5.87. The first kappa shape index (κ1) is 28.1. The van der Waals surface area contributed by atoms with Crippen LogP contribution < -0.4 is 0 Å². The van der Waals surface area contributed by atoms with E-state index in [-0.39, 0.29) is 24.4 Å². The Labute approximate surface area is 237 Å². The van der Waals surface area contributed by atoms with Crippen molar-refractivity contribution in [3.05, 3.63) is 111 Å². The fraction of sp³-hybridized carbons (Fsp3) is 0.241. The minimum atomic E-state index is -4.77. The highest BCUT2D eigenvalue weighted by atomic mass is 35.5. The van der Waals surface area contributed by atoms with Gasteiger partial charge in [-0.1, -0.05) is 47.5 Å². The van der Waals surface area contributed by atoms with Crippen LogP contribution in [0.5, 0.6) is 0 Å². The maximum absolute atomic E-state index is 14.2. The lowest BCUT2D eigenvalue weighted by Crippen LogP contribution is -2.38. The number of nitrogens with zero attached hydrogens (tertiary/aromatic N) is 3. The van der Waals surface area contributed by atoms with Crippen LogP contribution in [0.25, 0.3) is 11.3 Å². The van der Waals surface area contributed by atoms with Crippen LogP contribution in [0.15, 0.2) is 77.7 Å². The van der Waals surface area contributed by atoms with Crippen LogP contribution in [0.4, 0.5) is 17.6 Å². The number of aromatic nitrogens is 1. The third-order valence-electron chi connectivity index (χ3n) is 7.13. The number of hydrogen-bond acceptors (Lipinski definition) is 4. The molecule has 0 bridgehead atoms. The highest BCUT2D eigenvalue weighted by Gasteiger charge is 2.39. The standard InChI is InChI=1S/C29H23Cl2F4N3O2/c1-37(13-17-2-8-22(25(32)10-17)29(33,34)35)26-15-38(14-21(26)20-7-9-23(30)24(31)11-20)28(39)19-5-3-18(4-6-19)27-12-36-16-40-27/h2-12,16,21,26H,13-15H2,1H3/t21?,26-/m0/s1. The molecule has 4 aromatic rings. The van der Waals surface area contributed by atoms with Gasteiger partial charge in [-0.3, -0.25) is 9.69 Å². The average molecular weight is 592 g/mol. The summed E-state index contributed by atoms with van der Waals surface area (Å²) in [4.78, 5) is 21.1. The van der Waals surface area contributed by atoms with Gasteiger partial charge in [0.05, 0.1) is 21.8 Å². The van der Waals surface area contributed by atoms with Gasteiger partial charge in [0.15, 0.2) is 12.2 Å². The molecule has 1 aliphatic heterocycles. The fourth-order valence-electron chi connectivity index (χ4n) is 5.08. The molecule has 11 heteroatoms. The molecule has 0 aliphatic carbocycles. The number of carbonyl (C=O) groups is 1. The van der Waals surface area contributed by atoms with Crippen molar-refractivity contribution in [2.45, 2.75) is 24.7 Å². The van der Waals surface area contributed by atoms with E-state index in [0.717, 1.165) is 23.3 Å². The van der Waals surface area contributed by atoms with Crippen LogP contribution in [-0.2, 0) is 12.7 Å². The predicted octanol–water partition coefficient (Wildman–Crippen LogP) is 7.55. The predicted molar refractivity (Wildman–Crippen MR) is 144 cm³/mol. The monoisotopic (exact) mass is 591 g/mol. The van der Waals surface area contributed by atoms with E-state index in [1.54, 1.807) is 54.5 Å². The highest BCUT2D eigenvalue weighted by molar-refractivity contribution is 6.42. The second-order valence-electron chi connectivity index (χ2n) is 9.73. The van der Waals surface area contributed by atoms with Gasteiger partial charge in [0.2, 0.25) is 0 Å². The lowest BCUT2D eigenvalue weighted by Gasteiger charge is -2.29. The van der Waals surface area contributed by atoms with Gasteiger partial charge in [-0.25, -0.2) is 9.37 Å². The molecule has 208 valence electrons. The number of oxazole rings is 1. The zero-order valence-corrected chi connectivity index (χ0v) is 22.6. The van der Waals surface area contributed by atoms with Gasteiger partial charge in [0, 0.05) is 42.7 Å². The Bertz CT molecular complexity index is 1510. The van der Waals surface area contributed by atoms with Gasteiger partial charge in [0.25, 0.3) is 5.91 Å². The van der Waals surface area contributed by atoms with Crippen LogP contribution in [0.2, 0.25) is 10.0 Å².